The van der Waals surface area contributed by atoms with Crippen LogP contribution in [0.3, 0.4) is 0 Å². The molecule has 0 aliphatic heterocycles. The molecular weight excluding hydrogens is 266 g/mol. The van der Waals surface area contributed by atoms with E-state index >= 15 is 0 Å². The molecule has 0 heterocycles. The summed E-state index contributed by atoms with van der Waals surface area (Å²) in [5.74, 6) is -1.56. The number of benzene rings is 2. The molecule has 4 nitrogen and oxygen atoms in total. The summed E-state index contributed by atoms with van der Waals surface area (Å²) in [4.78, 5) is 0. The SMILES string of the molecule is N/C(=N/O)c1ccccc1OCc1ccc(F)c(F)c1. The highest BCUT2D eigenvalue weighted by Gasteiger charge is 2.08. The summed E-state index contributed by atoms with van der Waals surface area (Å²) < 4.78 is 31.3. The van der Waals surface area contributed by atoms with Gasteiger partial charge in [-0.1, -0.05) is 23.4 Å². The molecule has 0 aromatic heterocycles. The molecule has 0 spiro atoms. The Hall–Kier alpha value is -2.63. The third-order valence-electron chi connectivity index (χ3n) is 2.65. The van der Waals surface area contributed by atoms with Crippen LogP contribution in [0.4, 0.5) is 8.78 Å². The number of hydrogen-bond donors (Lipinski definition) is 2. The van der Waals surface area contributed by atoms with Crippen LogP contribution in [0.25, 0.3) is 0 Å². The summed E-state index contributed by atoms with van der Waals surface area (Å²) in [6.45, 7) is 0.0346. The lowest BCUT2D eigenvalue weighted by molar-refractivity contribution is 0.302. The van der Waals surface area contributed by atoms with Gasteiger partial charge >= 0.3 is 0 Å². The van der Waals surface area contributed by atoms with Crippen LogP contribution in [0.15, 0.2) is 47.6 Å². The normalized spacial score (nSPS) is 11.4. The molecule has 2 rings (SSSR count). The van der Waals surface area contributed by atoms with Crippen molar-refractivity contribution in [3.05, 3.63) is 65.2 Å². The lowest BCUT2D eigenvalue weighted by Crippen LogP contribution is -2.14. The zero-order valence-electron chi connectivity index (χ0n) is 10.4. The number of nitrogens with zero attached hydrogens (tertiary/aromatic N) is 1. The van der Waals surface area contributed by atoms with E-state index in [1.165, 1.54) is 6.07 Å². The molecule has 0 fully saturated rings. The molecule has 0 bridgehead atoms. The van der Waals surface area contributed by atoms with Crippen molar-refractivity contribution in [3.63, 3.8) is 0 Å². The molecule has 0 atom stereocenters. The maximum atomic E-state index is 13.1. The Labute approximate surface area is 114 Å². The van der Waals surface area contributed by atoms with Crippen molar-refractivity contribution < 1.29 is 18.7 Å². The molecule has 2 aromatic rings. The van der Waals surface area contributed by atoms with Crippen molar-refractivity contribution in [2.24, 2.45) is 10.9 Å². The van der Waals surface area contributed by atoms with E-state index in [9.17, 15) is 8.78 Å². The Morgan fingerprint density at radius 3 is 2.60 bits per heavy atom. The van der Waals surface area contributed by atoms with E-state index in [1.54, 1.807) is 24.3 Å². The minimum absolute atomic E-state index is 0.0346. The second-order valence-electron chi connectivity index (χ2n) is 4.02. The number of rotatable bonds is 4. The summed E-state index contributed by atoms with van der Waals surface area (Å²) in [7, 11) is 0. The number of ether oxygens (including phenoxy) is 1. The van der Waals surface area contributed by atoms with Crippen LogP contribution in [0.2, 0.25) is 0 Å². The lowest BCUT2D eigenvalue weighted by Gasteiger charge is -2.10. The van der Waals surface area contributed by atoms with Gasteiger partial charge in [0.25, 0.3) is 0 Å². The number of oxime groups is 1. The van der Waals surface area contributed by atoms with E-state index in [4.69, 9.17) is 15.7 Å². The van der Waals surface area contributed by atoms with Crippen LogP contribution in [-0.2, 0) is 6.61 Å². The average molecular weight is 278 g/mol. The van der Waals surface area contributed by atoms with Gasteiger partial charge in [0, 0.05) is 0 Å². The highest BCUT2D eigenvalue weighted by molar-refractivity contribution is 5.99. The Morgan fingerprint density at radius 2 is 1.90 bits per heavy atom. The fourth-order valence-corrected chi connectivity index (χ4v) is 1.65. The van der Waals surface area contributed by atoms with Crippen molar-refractivity contribution in [2.45, 2.75) is 6.61 Å². The third-order valence-corrected chi connectivity index (χ3v) is 2.65. The van der Waals surface area contributed by atoms with E-state index < -0.39 is 11.6 Å². The average Bonchev–Trinajstić information content (AvgIpc) is 2.48. The van der Waals surface area contributed by atoms with Gasteiger partial charge < -0.3 is 15.7 Å². The molecule has 0 amide bonds. The van der Waals surface area contributed by atoms with Crippen LogP contribution >= 0.6 is 0 Å². The van der Waals surface area contributed by atoms with Gasteiger partial charge in [0.05, 0.1) is 5.56 Å². The Bertz CT molecular complexity index is 645. The molecule has 104 valence electrons. The largest absolute Gasteiger partial charge is 0.488 e. The van der Waals surface area contributed by atoms with Crippen LogP contribution in [0.5, 0.6) is 5.75 Å². The standard InChI is InChI=1S/C14H12F2N2O2/c15-11-6-5-9(7-12(11)16)8-20-13-4-2-1-3-10(13)14(17)18-19/h1-7,19H,8H2,(H2,17,18). The first-order chi connectivity index (χ1) is 9.61. The minimum Gasteiger partial charge on any atom is -0.488 e. The molecule has 0 unspecified atom stereocenters. The van der Waals surface area contributed by atoms with Crippen LogP contribution in [0.1, 0.15) is 11.1 Å². The maximum absolute atomic E-state index is 13.1. The number of para-hydroxylation sites is 1. The van der Waals surface area contributed by atoms with Gasteiger partial charge in [-0.2, -0.15) is 0 Å². The van der Waals surface area contributed by atoms with Crippen LogP contribution < -0.4 is 10.5 Å². The molecule has 2 aromatic carbocycles. The van der Waals surface area contributed by atoms with E-state index in [-0.39, 0.29) is 12.4 Å². The van der Waals surface area contributed by atoms with Crippen molar-refractivity contribution in [1.82, 2.24) is 0 Å². The molecule has 0 saturated heterocycles. The number of nitrogens with two attached hydrogens (primary N) is 1. The second-order valence-corrected chi connectivity index (χ2v) is 4.02. The monoisotopic (exact) mass is 278 g/mol. The predicted octanol–water partition coefficient (Wildman–Crippen LogP) is 2.64. The first-order valence-electron chi connectivity index (χ1n) is 5.75. The van der Waals surface area contributed by atoms with E-state index in [0.29, 0.717) is 16.9 Å². The van der Waals surface area contributed by atoms with Crippen LogP contribution in [-0.4, -0.2) is 11.0 Å². The van der Waals surface area contributed by atoms with Crippen molar-refractivity contribution in [2.75, 3.05) is 0 Å². The fourth-order valence-electron chi connectivity index (χ4n) is 1.65. The maximum Gasteiger partial charge on any atom is 0.173 e. The summed E-state index contributed by atoms with van der Waals surface area (Å²) in [6, 6.07) is 10.2. The van der Waals surface area contributed by atoms with Crippen LogP contribution in [0, 0.1) is 11.6 Å². The van der Waals surface area contributed by atoms with Gasteiger partial charge in [-0.3, -0.25) is 0 Å². The second kappa shape index (κ2) is 6.01. The lowest BCUT2D eigenvalue weighted by atomic mass is 10.2. The molecule has 0 saturated carbocycles. The molecule has 3 N–H and O–H groups in total. The first-order valence-corrected chi connectivity index (χ1v) is 5.75. The smallest absolute Gasteiger partial charge is 0.173 e. The van der Waals surface area contributed by atoms with E-state index in [2.05, 4.69) is 5.16 Å². The summed E-state index contributed by atoms with van der Waals surface area (Å²) in [6.07, 6.45) is 0. The zero-order chi connectivity index (χ0) is 14.5. The third kappa shape index (κ3) is 3.03. The number of halogens is 2. The van der Waals surface area contributed by atoms with Crippen molar-refractivity contribution in [3.8, 4) is 5.75 Å². The highest BCUT2D eigenvalue weighted by Crippen LogP contribution is 2.19. The Balaban J connectivity index is 2.17. The molecular formula is C14H12F2N2O2. The predicted molar refractivity (Wildman–Crippen MR) is 69.6 cm³/mol. The molecule has 0 aliphatic carbocycles. The zero-order valence-corrected chi connectivity index (χ0v) is 10.4. The summed E-state index contributed by atoms with van der Waals surface area (Å²) in [5, 5.41) is 11.6. The Morgan fingerprint density at radius 1 is 1.15 bits per heavy atom. The van der Waals surface area contributed by atoms with Gasteiger partial charge in [-0.05, 0) is 29.8 Å². The van der Waals surface area contributed by atoms with Crippen molar-refractivity contribution in [1.29, 1.82) is 0 Å². The molecule has 0 aliphatic rings. The van der Waals surface area contributed by atoms with Gasteiger partial charge in [-0.25, -0.2) is 8.78 Å². The van der Waals surface area contributed by atoms with Gasteiger partial charge in [0.2, 0.25) is 0 Å². The Kier molecular flexibility index (Phi) is 4.14. The number of hydrogen-bond acceptors (Lipinski definition) is 3. The van der Waals surface area contributed by atoms with Gasteiger partial charge in [-0.15, -0.1) is 0 Å². The number of amidine groups is 1. The van der Waals surface area contributed by atoms with Gasteiger partial charge in [0.15, 0.2) is 17.5 Å². The van der Waals surface area contributed by atoms with E-state index in [0.717, 1.165) is 12.1 Å². The minimum atomic E-state index is -0.934. The van der Waals surface area contributed by atoms with Gasteiger partial charge in [0.1, 0.15) is 12.4 Å². The topological polar surface area (TPSA) is 67.8 Å². The molecule has 20 heavy (non-hydrogen) atoms. The highest BCUT2D eigenvalue weighted by atomic mass is 19.2. The summed E-state index contributed by atoms with van der Waals surface area (Å²) in [5.41, 5.74) is 6.40. The quantitative estimate of drug-likeness (QED) is 0.391. The summed E-state index contributed by atoms with van der Waals surface area (Å²) >= 11 is 0. The molecule has 0 radical (unpaired) electrons. The van der Waals surface area contributed by atoms with Crippen molar-refractivity contribution >= 4 is 5.84 Å². The fraction of sp³-hybridized carbons (Fsp3) is 0.0714. The first kappa shape index (κ1) is 13.8. The van der Waals surface area contributed by atoms with E-state index in [1.807, 2.05) is 0 Å². The molecule has 6 heteroatoms.